The van der Waals surface area contributed by atoms with Gasteiger partial charge >= 0.3 is 0 Å². The van der Waals surface area contributed by atoms with Gasteiger partial charge < -0.3 is 15.4 Å². The lowest BCUT2D eigenvalue weighted by Crippen LogP contribution is -2.28. The van der Waals surface area contributed by atoms with Crippen LogP contribution in [0.25, 0.3) is 10.9 Å². The Morgan fingerprint density at radius 1 is 1.47 bits per heavy atom. The first-order valence-corrected chi connectivity index (χ1v) is 6.34. The lowest BCUT2D eigenvalue weighted by atomic mass is 10.0. The Kier molecular flexibility index (Phi) is 2.96. The van der Waals surface area contributed by atoms with E-state index in [2.05, 4.69) is 10.3 Å². The molecule has 2 aromatic rings. The lowest BCUT2D eigenvalue weighted by Gasteiger charge is -2.17. The number of fused-ring (bicyclic) bond motifs is 1. The Morgan fingerprint density at radius 3 is 3.00 bits per heavy atom. The summed E-state index contributed by atoms with van der Waals surface area (Å²) in [6.07, 6.45) is 2.99. The van der Waals surface area contributed by atoms with E-state index in [1.165, 1.54) is 6.07 Å². The van der Waals surface area contributed by atoms with Gasteiger partial charge in [-0.3, -0.25) is 10.1 Å². The molecule has 0 bridgehead atoms. The maximum absolute atomic E-state index is 11.0. The summed E-state index contributed by atoms with van der Waals surface area (Å²) in [6, 6.07) is 4.93. The number of aliphatic hydroxyl groups excluding tert-OH is 1. The van der Waals surface area contributed by atoms with Gasteiger partial charge in [0.25, 0.3) is 5.69 Å². The number of hydrogen-bond acceptors (Lipinski definition) is 4. The molecule has 0 amide bonds. The van der Waals surface area contributed by atoms with Crippen LogP contribution >= 0.6 is 0 Å². The first-order valence-electron chi connectivity index (χ1n) is 6.34. The van der Waals surface area contributed by atoms with Gasteiger partial charge in [-0.05, 0) is 19.4 Å². The van der Waals surface area contributed by atoms with E-state index in [4.69, 9.17) is 0 Å². The molecule has 1 aromatic heterocycles. The highest BCUT2D eigenvalue weighted by Gasteiger charge is 2.27. The Balaban J connectivity index is 2.05. The van der Waals surface area contributed by atoms with Crippen LogP contribution in [0.15, 0.2) is 24.4 Å². The normalized spacial score (nSPS) is 20.8. The van der Waals surface area contributed by atoms with Crippen LogP contribution in [0.4, 0.5) is 5.69 Å². The zero-order chi connectivity index (χ0) is 13.4. The van der Waals surface area contributed by atoms with Crippen molar-refractivity contribution in [2.45, 2.75) is 25.0 Å². The molecule has 1 saturated heterocycles. The van der Waals surface area contributed by atoms with Crippen molar-refractivity contribution in [3.05, 3.63) is 40.1 Å². The first-order chi connectivity index (χ1) is 9.18. The number of para-hydroxylation sites is 1. The van der Waals surface area contributed by atoms with Gasteiger partial charge in [0.1, 0.15) is 5.52 Å². The monoisotopic (exact) mass is 261 g/mol. The largest absolute Gasteiger partial charge is 0.387 e. The molecule has 1 aromatic carbocycles. The zero-order valence-electron chi connectivity index (χ0n) is 10.3. The second kappa shape index (κ2) is 4.64. The number of rotatable bonds is 3. The first kappa shape index (κ1) is 12.1. The summed E-state index contributed by atoms with van der Waals surface area (Å²) in [4.78, 5) is 13.5. The minimum absolute atomic E-state index is 0.0262. The summed E-state index contributed by atoms with van der Waals surface area (Å²) >= 11 is 0. The van der Waals surface area contributed by atoms with Gasteiger partial charge in [-0.1, -0.05) is 12.1 Å². The number of aliphatic hydroxyl groups is 1. The molecule has 1 fully saturated rings. The standard InChI is InChI=1S/C13H15N3O3/c17-13(10-4-2-6-14-10)9-7-15-12-8(9)3-1-5-11(12)16(18)19/h1,3,5,7,10,13-15,17H,2,4,6H2. The summed E-state index contributed by atoms with van der Waals surface area (Å²) in [5, 5.41) is 25.3. The highest BCUT2D eigenvalue weighted by atomic mass is 16.6. The second-order valence-corrected chi connectivity index (χ2v) is 4.85. The molecule has 0 radical (unpaired) electrons. The average Bonchev–Trinajstić information content (AvgIpc) is 3.06. The van der Waals surface area contributed by atoms with Crippen LogP contribution in [0.3, 0.4) is 0 Å². The number of benzene rings is 1. The fourth-order valence-electron chi connectivity index (χ4n) is 2.75. The van der Waals surface area contributed by atoms with Crippen LogP contribution < -0.4 is 5.32 Å². The van der Waals surface area contributed by atoms with Crippen molar-refractivity contribution >= 4 is 16.6 Å². The molecular formula is C13H15N3O3. The number of nitro groups is 1. The van der Waals surface area contributed by atoms with Gasteiger partial charge in [-0.2, -0.15) is 0 Å². The molecule has 6 heteroatoms. The molecule has 0 saturated carbocycles. The smallest absolute Gasteiger partial charge is 0.293 e. The summed E-state index contributed by atoms with van der Waals surface area (Å²) in [7, 11) is 0. The minimum Gasteiger partial charge on any atom is -0.387 e. The van der Waals surface area contributed by atoms with E-state index in [9.17, 15) is 15.2 Å². The van der Waals surface area contributed by atoms with Crippen molar-refractivity contribution < 1.29 is 10.0 Å². The number of nitro benzene ring substituents is 1. The summed E-state index contributed by atoms with van der Waals surface area (Å²) in [6.45, 7) is 0.907. The van der Waals surface area contributed by atoms with Crippen molar-refractivity contribution in [2.24, 2.45) is 0 Å². The molecule has 3 rings (SSSR count). The van der Waals surface area contributed by atoms with E-state index < -0.39 is 11.0 Å². The second-order valence-electron chi connectivity index (χ2n) is 4.85. The fraction of sp³-hybridized carbons (Fsp3) is 0.385. The lowest BCUT2D eigenvalue weighted by molar-refractivity contribution is -0.383. The molecule has 3 N–H and O–H groups in total. The molecular weight excluding hydrogens is 246 g/mol. The maximum Gasteiger partial charge on any atom is 0.293 e. The van der Waals surface area contributed by atoms with Gasteiger partial charge in [0, 0.05) is 29.3 Å². The Labute approximate surface area is 109 Å². The molecule has 2 unspecified atom stereocenters. The van der Waals surface area contributed by atoms with Crippen LogP contribution in [0, 0.1) is 10.1 Å². The highest BCUT2D eigenvalue weighted by molar-refractivity contribution is 5.90. The van der Waals surface area contributed by atoms with Crippen molar-refractivity contribution in [1.29, 1.82) is 0 Å². The predicted molar refractivity (Wildman–Crippen MR) is 70.9 cm³/mol. The Hall–Kier alpha value is -1.92. The molecule has 2 atom stereocenters. The number of hydrogen-bond donors (Lipinski definition) is 3. The van der Waals surface area contributed by atoms with E-state index in [0.717, 1.165) is 30.3 Å². The molecule has 6 nitrogen and oxygen atoms in total. The van der Waals surface area contributed by atoms with E-state index >= 15 is 0 Å². The molecule has 1 aliphatic rings. The van der Waals surface area contributed by atoms with Crippen molar-refractivity contribution in [3.63, 3.8) is 0 Å². The van der Waals surface area contributed by atoms with Crippen LogP contribution in [-0.2, 0) is 0 Å². The number of aromatic amines is 1. The van der Waals surface area contributed by atoms with Gasteiger partial charge in [0.05, 0.1) is 11.0 Å². The summed E-state index contributed by atoms with van der Waals surface area (Å²) in [5.74, 6) is 0. The number of H-pyrrole nitrogens is 1. The van der Waals surface area contributed by atoms with Crippen LogP contribution in [-0.4, -0.2) is 27.6 Å². The Morgan fingerprint density at radius 2 is 2.32 bits per heavy atom. The van der Waals surface area contributed by atoms with Crippen LogP contribution in [0.5, 0.6) is 0 Å². The minimum atomic E-state index is -0.641. The topological polar surface area (TPSA) is 91.2 Å². The Bertz CT molecular complexity index is 617. The average molecular weight is 261 g/mol. The molecule has 100 valence electrons. The van der Waals surface area contributed by atoms with Gasteiger partial charge in [-0.25, -0.2) is 0 Å². The number of nitrogens with one attached hydrogen (secondary N) is 2. The zero-order valence-corrected chi connectivity index (χ0v) is 10.3. The third-order valence-electron chi connectivity index (χ3n) is 3.72. The third kappa shape index (κ3) is 1.98. The van der Waals surface area contributed by atoms with Gasteiger partial charge in [-0.15, -0.1) is 0 Å². The molecule has 0 spiro atoms. The fourth-order valence-corrected chi connectivity index (χ4v) is 2.75. The van der Waals surface area contributed by atoms with Gasteiger partial charge in [0.2, 0.25) is 0 Å². The quantitative estimate of drug-likeness (QED) is 0.581. The highest BCUT2D eigenvalue weighted by Crippen LogP contribution is 2.32. The van der Waals surface area contributed by atoms with Crippen LogP contribution in [0.1, 0.15) is 24.5 Å². The van der Waals surface area contributed by atoms with Crippen molar-refractivity contribution in [1.82, 2.24) is 10.3 Å². The van der Waals surface area contributed by atoms with Gasteiger partial charge in [0.15, 0.2) is 0 Å². The summed E-state index contributed by atoms with van der Waals surface area (Å²) < 4.78 is 0. The van der Waals surface area contributed by atoms with Crippen molar-refractivity contribution in [2.75, 3.05) is 6.54 Å². The number of aromatic nitrogens is 1. The SMILES string of the molecule is O=[N+]([O-])c1cccc2c(C(O)C3CCCN3)c[nH]c12. The molecule has 0 aliphatic carbocycles. The third-order valence-corrected chi connectivity index (χ3v) is 3.72. The molecule has 2 heterocycles. The van der Waals surface area contributed by atoms with Crippen LogP contribution in [0.2, 0.25) is 0 Å². The number of nitrogens with zero attached hydrogens (tertiary/aromatic N) is 1. The van der Waals surface area contributed by atoms with E-state index in [-0.39, 0.29) is 11.7 Å². The maximum atomic E-state index is 11.0. The van der Waals surface area contributed by atoms with E-state index in [1.54, 1.807) is 18.3 Å². The van der Waals surface area contributed by atoms with E-state index in [0.29, 0.717) is 5.52 Å². The van der Waals surface area contributed by atoms with E-state index in [1.807, 2.05) is 0 Å². The number of non-ortho nitro benzene ring substituents is 1. The predicted octanol–water partition coefficient (Wildman–Crippen LogP) is 1.86. The summed E-state index contributed by atoms with van der Waals surface area (Å²) in [5.41, 5.74) is 1.23. The molecule has 19 heavy (non-hydrogen) atoms. The molecule has 1 aliphatic heterocycles. The van der Waals surface area contributed by atoms with Crippen molar-refractivity contribution in [3.8, 4) is 0 Å².